The molecule has 77 heavy (non-hydrogen) atoms. The number of carbonyl (C=O) groups excluding carboxylic acids is 5. The number of carbonyl (C=O) groups is 6. The number of amides is 5. The van der Waals surface area contributed by atoms with Gasteiger partial charge in [0, 0.05) is 57.7 Å². The molecule has 4 rings (SSSR count). The molecule has 0 spiro atoms. The molecule has 19 nitrogen and oxygen atoms in total. The molecule has 19 heteroatoms. The first kappa shape index (κ1) is 68.3. The van der Waals surface area contributed by atoms with Crippen molar-refractivity contribution in [3.8, 4) is 30.8 Å². The third-order valence-corrected chi connectivity index (χ3v) is 8.68. The van der Waals surface area contributed by atoms with Crippen LogP contribution in [-0.4, -0.2) is 88.3 Å². The van der Waals surface area contributed by atoms with Crippen LogP contribution in [0.3, 0.4) is 0 Å². The molecule has 0 radical (unpaired) electrons. The first-order valence-electron chi connectivity index (χ1n) is 24.3. The molecule has 0 aromatic heterocycles. The van der Waals surface area contributed by atoms with Crippen molar-refractivity contribution < 1.29 is 52.8 Å². The van der Waals surface area contributed by atoms with Crippen molar-refractivity contribution in [2.45, 2.75) is 133 Å². The predicted octanol–water partition coefficient (Wildman–Crippen LogP) is 12.8. The van der Waals surface area contributed by atoms with Crippen molar-refractivity contribution in [1.82, 2.24) is 4.90 Å². The highest BCUT2D eigenvalue weighted by atomic mass is 16.6. The number of hydrogen-bond acceptors (Lipinski definition) is 13. The van der Waals surface area contributed by atoms with E-state index in [-0.39, 0.29) is 33.9 Å². The molecular weight excluding hydrogens is 985 g/mol. The van der Waals surface area contributed by atoms with Crippen LogP contribution in [0.5, 0.6) is 0 Å². The average molecular weight is 1060 g/mol. The van der Waals surface area contributed by atoms with Crippen LogP contribution < -0.4 is 32.3 Å². The maximum atomic E-state index is 12.9. The standard InChI is InChI=1S/C25H29N3O5.C17H24N2O6.C8H7N.C6H15N.C2H3N/c1-8-16-9-11-18(12-10-16)26-21(29)17-13-19(27-22(30)32-24(2,3)4)15-20(14-17)28-23(31)33-25(5,6)7;1-16(2,3)24-14(22)18-11-7-10(13(20)21)8-12(9-11)19-15(23)25-17(4,5)6;1-2-7-3-5-8(9)6-4-7;1-4-7(5-2)6-3;1-2-3/h1,9-15H,2-7H3,(H,26,29)(H,27,30)(H,28,31);7-9H,1-6H3,(H,18,22)(H,19,23)(H,20,21);1,3-6H,9H2;4-6H2,1-3H3;1H3. The number of rotatable bonds is 10. The second kappa shape index (κ2) is 32.5. The molecule has 8 N–H and O–H groups in total. The largest absolute Gasteiger partial charge is 0.478 e. The zero-order valence-electron chi connectivity index (χ0n) is 47.4. The number of ether oxygens (including phenoxy) is 4. The minimum absolute atomic E-state index is 0.111. The molecule has 5 amide bonds. The lowest BCUT2D eigenvalue weighted by Gasteiger charge is -2.21. The lowest BCUT2D eigenvalue weighted by molar-refractivity contribution is 0.0623. The fourth-order valence-corrected chi connectivity index (χ4v) is 5.59. The van der Waals surface area contributed by atoms with E-state index < -0.39 is 58.7 Å². The van der Waals surface area contributed by atoms with Crippen LogP contribution in [0.1, 0.15) is 143 Å². The second-order valence-electron chi connectivity index (χ2n) is 20.2. The summed E-state index contributed by atoms with van der Waals surface area (Å²) >= 11 is 0. The topological polar surface area (TPSA) is 273 Å². The van der Waals surface area contributed by atoms with Crippen LogP contribution in [0.25, 0.3) is 0 Å². The summed E-state index contributed by atoms with van der Waals surface area (Å²) in [5.74, 6) is 3.34. The SMILES string of the molecule is C#Cc1ccc(N)cc1.C#Cc1ccc(NC(=O)c2cc(NC(=O)OC(C)(C)C)cc(NC(=O)OC(C)(C)C)c2)cc1.CC#N.CC(C)(C)OC(=O)Nc1cc(NC(=O)OC(C)(C)C)cc(C(=O)O)c1.CCN(CC)CC. The van der Waals surface area contributed by atoms with Gasteiger partial charge in [-0.1, -0.05) is 32.6 Å². The molecule has 0 bridgehead atoms. The van der Waals surface area contributed by atoms with Crippen LogP contribution in [0.15, 0.2) is 84.9 Å². The van der Waals surface area contributed by atoms with Crippen LogP contribution in [0.2, 0.25) is 0 Å². The molecule has 0 heterocycles. The van der Waals surface area contributed by atoms with Crippen molar-refractivity contribution in [1.29, 1.82) is 5.26 Å². The van der Waals surface area contributed by atoms with Gasteiger partial charge in [-0.05, 0) is 188 Å². The summed E-state index contributed by atoms with van der Waals surface area (Å²) in [6.07, 6.45) is 7.59. The van der Waals surface area contributed by atoms with Gasteiger partial charge in [0.1, 0.15) is 22.4 Å². The van der Waals surface area contributed by atoms with Crippen LogP contribution in [-0.2, 0) is 18.9 Å². The van der Waals surface area contributed by atoms with Gasteiger partial charge >= 0.3 is 30.3 Å². The Morgan fingerprint density at radius 3 is 1.01 bits per heavy atom. The van der Waals surface area contributed by atoms with Crippen molar-refractivity contribution in [3.63, 3.8) is 0 Å². The summed E-state index contributed by atoms with van der Waals surface area (Å²) in [4.78, 5) is 74.6. The van der Waals surface area contributed by atoms with E-state index in [0.29, 0.717) is 11.3 Å². The Kier molecular flexibility index (Phi) is 28.9. The maximum absolute atomic E-state index is 12.9. The van der Waals surface area contributed by atoms with E-state index in [9.17, 15) is 33.9 Å². The average Bonchev–Trinajstić information content (AvgIpc) is 3.28. The summed E-state index contributed by atoms with van der Waals surface area (Å²) < 4.78 is 20.8. The zero-order chi connectivity index (χ0) is 59.3. The maximum Gasteiger partial charge on any atom is 0.412 e. The Labute approximate surface area is 454 Å². The number of nitrogen functional groups attached to an aromatic ring is 1. The Morgan fingerprint density at radius 2 is 0.779 bits per heavy atom. The fraction of sp³-hybridized carbons (Fsp3) is 0.397. The molecule has 4 aromatic rings. The van der Waals surface area contributed by atoms with E-state index in [4.69, 9.17) is 42.8 Å². The van der Waals surface area contributed by atoms with Crippen LogP contribution in [0, 0.1) is 36.0 Å². The summed E-state index contributed by atoms with van der Waals surface area (Å²) in [5.41, 5.74) is 6.34. The molecular formula is C58H78N8O11. The van der Waals surface area contributed by atoms with Crippen molar-refractivity contribution in [2.75, 3.05) is 52.0 Å². The number of nitrogens with zero attached hydrogens (tertiary/aromatic N) is 2. The number of terminal acetylenes is 2. The van der Waals surface area contributed by atoms with Gasteiger partial charge in [-0.2, -0.15) is 5.26 Å². The molecule has 0 fully saturated rings. The number of nitriles is 1. The lowest BCUT2D eigenvalue weighted by atomic mass is 10.1. The number of aromatic carboxylic acids is 1. The number of carboxylic acids is 1. The third kappa shape index (κ3) is 32.9. The van der Waals surface area contributed by atoms with Crippen molar-refractivity contribution in [3.05, 3.63) is 107 Å². The molecule has 0 aliphatic rings. The second-order valence-corrected chi connectivity index (χ2v) is 20.2. The minimum Gasteiger partial charge on any atom is -0.478 e. The van der Waals surface area contributed by atoms with Gasteiger partial charge in [-0.3, -0.25) is 26.1 Å². The van der Waals surface area contributed by atoms with E-state index in [2.05, 4.69) is 64.1 Å². The Morgan fingerprint density at radius 1 is 0.506 bits per heavy atom. The van der Waals surface area contributed by atoms with Gasteiger partial charge in [0.05, 0.1) is 11.6 Å². The van der Waals surface area contributed by atoms with Gasteiger partial charge < -0.3 is 40.0 Å². The smallest absolute Gasteiger partial charge is 0.412 e. The van der Waals surface area contributed by atoms with Gasteiger partial charge in [-0.15, -0.1) is 12.8 Å². The Hall–Kier alpha value is -8.73. The van der Waals surface area contributed by atoms with Gasteiger partial charge in [-0.25, -0.2) is 24.0 Å². The van der Waals surface area contributed by atoms with Crippen molar-refractivity contribution in [2.24, 2.45) is 0 Å². The van der Waals surface area contributed by atoms with Gasteiger partial charge in [0.25, 0.3) is 5.91 Å². The van der Waals surface area contributed by atoms with E-state index in [1.165, 1.54) is 63.0 Å². The van der Waals surface area contributed by atoms with E-state index in [1.807, 2.05) is 12.1 Å². The lowest BCUT2D eigenvalue weighted by Crippen LogP contribution is -2.28. The summed E-state index contributed by atoms with van der Waals surface area (Å²) in [6.45, 7) is 32.2. The van der Waals surface area contributed by atoms with E-state index >= 15 is 0 Å². The molecule has 4 aromatic carbocycles. The Balaban J connectivity index is 0.00000114. The van der Waals surface area contributed by atoms with Gasteiger partial charge in [0.15, 0.2) is 0 Å². The molecule has 0 aliphatic heterocycles. The predicted molar refractivity (Wildman–Crippen MR) is 305 cm³/mol. The number of nitrogens with two attached hydrogens (primary N) is 1. The molecule has 0 aliphatic carbocycles. The first-order chi connectivity index (χ1) is 35.6. The molecule has 0 saturated carbocycles. The van der Waals surface area contributed by atoms with E-state index in [1.54, 1.807) is 126 Å². The minimum atomic E-state index is -1.21. The van der Waals surface area contributed by atoms with E-state index in [0.717, 1.165) is 11.3 Å². The van der Waals surface area contributed by atoms with Crippen LogP contribution in [0.4, 0.5) is 53.3 Å². The molecule has 416 valence electrons. The zero-order valence-corrected chi connectivity index (χ0v) is 47.4. The monoisotopic (exact) mass is 1060 g/mol. The highest BCUT2D eigenvalue weighted by molar-refractivity contribution is 6.06. The highest BCUT2D eigenvalue weighted by Crippen LogP contribution is 2.24. The highest BCUT2D eigenvalue weighted by Gasteiger charge is 2.22. The first-order valence-corrected chi connectivity index (χ1v) is 24.3. The third-order valence-electron chi connectivity index (χ3n) is 8.68. The normalized spacial score (nSPS) is 10.5. The van der Waals surface area contributed by atoms with Crippen LogP contribution >= 0.6 is 0 Å². The summed E-state index contributed by atoms with van der Waals surface area (Å²) in [6, 6.07) is 24.0. The molecule has 0 atom stereocenters. The number of anilines is 6. The number of carboxylic acid groups (broad SMARTS) is 1. The number of nitrogens with one attached hydrogen (secondary N) is 5. The molecule has 0 unspecified atom stereocenters. The van der Waals surface area contributed by atoms with Crippen molar-refractivity contribution >= 4 is 70.4 Å². The summed E-state index contributed by atoms with van der Waals surface area (Å²) in [7, 11) is 0. The number of hydrogen-bond donors (Lipinski definition) is 7. The number of benzene rings is 4. The Bertz CT molecular complexity index is 2590. The quantitative estimate of drug-likeness (QED) is 0.0442. The summed E-state index contributed by atoms with van der Waals surface area (Å²) in [5, 5.41) is 29.3. The molecule has 0 saturated heterocycles. The van der Waals surface area contributed by atoms with Gasteiger partial charge in [0.2, 0.25) is 0 Å². The fourth-order valence-electron chi connectivity index (χ4n) is 5.59.